The molecule has 23 heavy (non-hydrogen) atoms. The fraction of sp³-hybridized carbons (Fsp3) is 0.625. The van der Waals surface area contributed by atoms with Crippen LogP contribution in [0.15, 0.2) is 18.3 Å². The number of hydrogen-bond acceptors (Lipinski definition) is 3. The summed E-state index contributed by atoms with van der Waals surface area (Å²) in [6.07, 6.45) is 7.41. The van der Waals surface area contributed by atoms with Crippen LogP contribution >= 0.6 is 0 Å². The van der Waals surface area contributed by atoms with E-state index in [1.54, 1.807) is 6.07 Å². The average Bonchev–Trinajstić information content (AvgIpc) is 3.06. The minimum atomic E-state index is -2.91. The van der Waals surface area contributed by atoms with Gasteiger partial charge in [-0.3, -0.25) is 0 Å². The largest absolute Gasteiger partial charge is 0.417 e. The number of urea groups is 1. The minimum Gasteiger partial charge on any atom is -0.417 e. The van der Waals surface area contributed by atoms with Gasteiger partial charge in [0.2, 0.25) is 5.88 Å². The van der Waals surface area contributed by atoms with E-state index in [0.717, 1.165) is 24.7 Å². The molecule has 126 valence electrons. The number of carbonyl (C=O) groups excluding carboxylic acids is 1. The van der Waals surface area contributed by atoms with Crippen LogP contribution in [0.5, 0.6) is 5.88 Å². The van der Waals surface area contributed by atoms with Gasteiger partial charge in [0.05, 0.1) is 0 Å². The first-order chi connectivity index (χ1) is 11.1. The van der Waals surface area contributed by atoms with E-state index in [1.807, 2.05) is 0 Å². The molecule has 1 heterocycles. The first kappa shape index (κ1) is 16.0. The first-order valence-corrected chi connectivity index (χ1v) is 8.04. The summed E-state index contributed by atoms with van der Waals surface area (Å²) in [5.74, 6) is 1.40. The second-order valence-corrected chi connectivity index (χ2v) is 6.33. The SMILES string of the molecule is O=C(NCc1ccnc(OC(F)F)c1)N[C@@H]1CC2CCC[C@H]2C1. The highest BCUT2D eigenvalue weighted by molar-refractivity contribution is 5.74. The lowest BCUT2D eigenvalue weighted by molar-refractivity contribution is -0.0529. The van der Waals surface area contributed by atoms with Crippen LogP contribution in [0.2, 0.25) is 0 Å². The van der Waals surface area contributed by atoms with E-state index in [4.69, 9.17) is 0 Å². The van der Waals surface area contributed by atoms with E-state index in [1.165, 1.54) is 31.5 Å². The van der Waals surface area contributed by atoms with E-state index >= 15 is 0 Å². The number of aromatic nitrogens is 1. The number of fused-ring (bicyclic) bond motifs is 1. The van der Waals surface area contributed by atoms with Crippen molar-refractivity contribution in [1.29, 1.82) is 0 Å². The molecule has 2 aliphatic rings. The number of halogens is 2. The monoisotopic (exact) mass is 325 g/mol. The van der Waals surface area contributed by atoms with Gasteiger partial charge in [-0.25, -0.2) is 9.78 Å². The smallest absolute Gasteiger partial charge is 0.388 e. The molecular weight excluding hydrogens is 304 g/mol. The van der Waals surface area contributed by atoms with Crippen LogP contribution in [0.4, 0.5) is 13.6 Å². The Bertz CT molecular complexity index is 544. The molecule has 0 spiro atoms. The summed E-state index contributed by atoms with van der Waals surface area (Å²) in [5.41, 5.74) is 0.661. The van der Waals surface area contributed by atoms with Gasteiger partial charge in [0, 0.05) is 24.8 Å². The molecule has 2 amide bonds. The van der Waals surface area contributed by atoms with Crippen molar-refractivity contribution in [3.05, 3.63) is 23.9 Å². The van der Waals surface area contributed by atoms with Crippen LogP contribution in [0.3, 0.4) is 0 Å². The molecule has 0 aromatic carbocycles. The maximum atomic E-state index is 12.1. The van der Waals surface area contributed by atoms with Crippen molar-refractivity contribution < 1.29 is 18.3 Å². The number of amides is 2. The third-order valence-electron chi connectivity index (χ3n) is 4.79. The van der Waals surface area contributed by atoms with Gasteiger partial charge in [-0.2, -0.15) is 8.78 Å². The summed E-state index contributed by atoms with van der Waals surface area (Å²) in [4.78, 5) is 15.7. The van der Waals surface area contributed by atoms with Gasteiger partial charge in [0.1, 0.15) is 0 Å². The lowest BCUT2D eigenvalue weighted by atomic mass is 10.0. The van der Waals surface area contributed by atoms with Crippen LogP contribution in [0, 0.1) is 11.8 Å². The molecule has 2 saturated carbocycles. The number of carbonyl (C=O) groups is 1. The fourth-order valence-corrected chi connectivity index (χ4v) is 3.81. The Morgan fingerprint density at radius 1 is 1.35 bits per heavy atom. The Morgan fingerprint density at radius 3 is 2.78 bits per heavy atom. The van der Waals surface area contributed by atoms with Crippen molar-refractivity contribution in [1.82, 2.24) is 15.6 Å². The van der Waals surface area contributed by atoms with Crippen LogP contribution in [0.1, 0.15) is 37.7 Å². The van der Waals surface area contributed by atoms with Gasteiger partial charge in [-0.1, -0.05) is 19.3 Å². The molecule has 7 heteroatoms. The summed E-state index contributed by atoms with van der Waals surface area (Å²) >= 11 is 0. The minimum absolute atomic E-state index is 0.150. The average molecular weight is 325 g/mol. The molecule has 0 aliphatic heterocycles. The highest BCUT2D eigenvalue weighted by Gasteiger charge is 2.37. The van der Waals surface area contributed by atoms with Crippen molar-refractivity contribution >= 4 is 6.03 Å². The summed E-state index contributed by atoms with van der Waals surface area (Å²) in [6.45, 7) is -2.66. The molecule has 1 unspecified atom stereocenters. The van der Waals surface area contributed by atoms with E-state index in [-0.39, 0.29) is 24.5 Å². The van der Waals surface area contributed by atoms with Crippen LogP contribution in [-0.4, -0.2) is 23.7 Å². The Balaban J connectivity index is 1.44. The van der Waals surface area contributed by atoms with E-state index in [0.29, 0.717) is 5.56 Å². The summed E-state index contributed by atoms with van der Waals surface area (Å²) < 4.78 is 28.5. The molecule has 3 atom stereocenters. The Labute approximate surface area is 133 Å². The molecular formula is C16H21F2N3O2. The number of ether oxygens (including phenoxy) is 1. The van der Waals surface area contributed by atoms with Gasteiger partial charge < -0.3 is 15.4 Å². The second kappa shape index (κ2) is 7.10. The third kappa shape index (κ3) is 4.30. The summed E-state index contributed by atoms with van der Waals surface area (Å²) in [7, 11) is 0. The number of nitrogens with zero attached hydrogens (tertiary/aromatic N) is 1. The van der Waals surface area contributed by atoms with Gasteiger partial charge in [-0.05, 0) is 36.3 Å². The third-order valence-corrected chi connectivity index (χ3v) is 4.79. The van der Waals surface area contributed by atoms with Crippen molar-refractivity contribution in [2.45, 2.75) is 51.3 Å². The Hall–Kier alpha value is -1.92. The molecule has 2 aliphatic carbocycles. The molecule has 0 radical (unpaired) electrons. The molecule has 0 bridgehead atoms. The molecule has 3 rings (SSSR count). The molecule has 5 nitrogen and oxygen atoms in total. The zero-order valence-corrected chi connectivity index (χ0v) is 12.8. The fourth-order valence-electron chi connectivity index (χ4n) is 3.81. The number of rotatable bonds is 5. The molecule has 2 fully saturated rings. The van der Waals surface area contributed by atoms with Gasteiger partial charge in [0.15, 0.2) is 0 Å². The molecule has 2 N–H and O–H groups in total. The maximum Gasteiger partial charge on any atom is 0.388 e. The summed E-state index contributed by atoms with van der Waals surface area (Å²) in [5, 5.41) is 5.76. The van der Waals surface area contributed by atoms with Crippen LogP contribution < -0.4 is 15.4 Å². The van der Waals surface area contributed by atoms with Gasteiger partial charge in [-0.15, -0.1) is 0 Å². The van der Waals surface area contributed by atoms with E-state index in [9.17, 15) is 13.6 Å². The second-order valence-electron chi connectivity index (χ2n) is 6.33. The predicted octanol–water partition coefficient (Wildman–Crippen LogP) is 3.06. The number of nitrogens with one attached hydrogen (secondary N) is 2. The summed E-state index contributed by atoms with van der Waals surface area (Å²) in [6, 6.07) is 3.08. The molecule has 1 aromatic rings. The lowest BCUT2D eigenvalue weighted by Crippen LogP contribution is -2.40. The number of pyridine rings is 1. The normalized spacial score (nSPS) is 26.1. The quantitative estimate of drug-likeness (QED) is 0.874. The topological polar surface area (TPSA) is 63.2 Å². The number of hydrogen-bond donors (Lipinski definition) is 2. The van der Waals surface area contributed by atoms with Crippen LogP contribution in [0.25, 0.3) is 0 Å². The Kier molecular flexibility index (Phi) is 4.93. The molecule has 0 saturated heterocycles. The maximum absolute atomic E-state index is 12.1. The van der Waals surface area contributed by atoms with E-state index < -0.39 is 6.61 Å². The standard InChI is InChI=1S/C16H21F2N3O2/c17-15(18)23-14-6-10(4-5-19-14)9-20-16(22)21-13-7-11-2-1-3-12(11)8-13/h4-6,11-13,15H,1-3,7-9H2,(H2,20,21,22)/t11-,12?,13-/m0/s1. The van der Waals surface area contributed by atoms with Crippen molar-refractivity contribution in [2.24, 2.45) is 11.8 Å². The van der Waals surface area contributed by atoms with Gasteiger partial charge >= 0.3 is 12.6 Å². The zero-order chi connectivity index (χ0) is 16.2. The Morgan fingerprint density at radius 2 is 2.09 bits per heavy atom. The van der Waals surface area contributed by atoms with Crippen LogP contribution in [-0.2, 0) is 6.54 Å². The van der Waals surface area contributed by atoms with Gasteiger partial charge in [0.25, 0.3) is 0 Å². The zero-order valence-electron chi connectivity index (χ0n) is 12.8. The molecule has 1 aromatic heterocycles. The highest BCUT2D eigenvalue weighted by Crippen LogP contribution is 2.43. The lowest BCUT2D eigenvalue weighted by Gasteiger charge is -2.14. The number of alkyl halides is 2. The highest BCUT2D eigenvalue weighted by atomic mass is 19.3. The van der Waals surface area contributed by atoms with Crippen molar-refractivity contribution in [2.75, 3.05) is 0 Å². The van der Waals surface area contributed by atoms with E-state index in [2.05, 4.69) is 20.4 Å². The van der Waals surface area contributed by atoms with Crippen molar-refractivity contribution in [3.63, 3.8) is 0 Å². The first-order valence-electron chi connectivity index (χ1n) is 8.04. The predicted molar refractivity (Wildman–Crippen MR) is 80.1 cm³/mol. The van der Waals surface area contributed by atoms with Crippen molar-refractivity contribution in [3.8, 4) is 5.88 Å².